The molecule has 3 atom stereocenters. The van der Waals surface area contributed by atoms with E-state index >= 15 is 0 Å². The Balaban J connectivity index is 2.00. The Morgan fingerprint density at radius 1 is 1.30 bits per heavy atom. The van der Waals surface area contributed by atoms with E-state index in [2.05, 4.69) is 0 Å². The van der Waals surface area contributed by atoms with Crippen LogP contribution in [0.2, 0.25) is 0 Å². The third-order valence-electron chi connectivity index (χ3n) is 5.07. The van der Waals surface area contributed by atoms with E-state index in [0.717, 1.165) is 24.2 Å². The van der Waals surface area contributed by atoms with Crippen LogP contribution in [0.1, 0.15) is 39.0 Å². The van der Waals surface area contributed by atoms with Crippen LogP contribution in [0.25, 0.3) is 0 Å². The van der Waals surface area contributed by atoms with Crippen molar-refractivity contribution in [1.82, 2.24) is 4.90 Å². The zero-order chi connectivity index (χ0) is 16.6. The Morgan fingerprint density at radius 3 is 2.61 bits per heavy atom. The second-order valence-electron chi connectivity index (χ2n) is 6.33. The quantitative estimate of drug-likeness (QED) is 0.542. The summed E-state index contributed by atoms with van der Waals surface area (Å²) in [6.07, 6.45) is 5.42. The van der Waals surface area contributed by atoms with Gasteiger partial charge < -0.3 is 14.2 Å². The van der Waals surface area contributed by atoms with Gasteiger partial charge in [0.1, 0.15) is 0 Å². The van der Waals surface area contributed by atoms with Crippen LogP contribution in [0.3, 0.4) is 0 Å². The molecule has 2 heterocycles. The number of amides is 1. The number of rotatable bonds is 1. The van der Waals surface area contributed by atoms with Gasteiger partial charge in [0, 0.05) is 19.0 Å². The van der Waals surface area contributed by atoms with Gasteiger partial charge in [-0.05, 0) is 12.8 Å². The lowest BCUT2D eigenvalue weighted by Crippen LogP contribution is -2.64. The molecule has 1 saturated carbocycles. The van der Waals surface area contributed by atoms with Crippen molar-refractivity contribution in [1.29, 1.82) is 0 Å². The first-order valence-electron chi connectivity index (χ1n) is 7.92. The zero-order valence-electron chi connectivity index (χ0n) is 13.3. The van der Waals surface area contributed by atoms with Gasteiger partial charge in [-0.3, -0.25) is 9.59 Å². The van der Waals surface area contributed by atoms with E-state index in [0.29, 0.717) is 12.8 Å². The zero-order valence-corrected chi connectivity index (χ0v) is 13.3. The molecule has 23 heavy (non-hydrogen) atoms. The predicted octanol–water partition coefficient (Wildman–Crippen LogP) is 1.96. The largest absolute Gasteiger partial charge is 0.456 e. The molecule has 2 fully saturated rings. The van der Waals surface area contributed by atoms with Gasteiger partial charge in [-0.1, -0.05) is 25.3 Å². The van der Waals surface area contributed by atoms with Crippen molar-refractivity contribution in [3.63, 3.8) is 0 Å². The van der Waals surface area contributed by atoms with Gasteiger partial charge >= 0.3 is 18.0 Å². The minimum Gasteiger partial charge on any atom is -0.456 e. The molecule has 3 aliphatic rings. The van der Waals surface area contributed by atoms with Gasteiger partial charge in [0.25, 0.3) is 0 Å². The number of hydrogen-bond acceptors (Lipinski definition) is 6. The fourth-order valence-corrected chi connectivity index (χ4v) is 4.01. The van der Waals surface area contributed by atoms with Crippen molar-refractivity contribution in [2.24, 2.45) is 11.3 Å². The smallest absolute Gasteiger partial charge is 0.416 e. The van der Waals surface area contributed by atoms with Crippen molar-refractivity contribution in [3.05, 3.63) is 12.3 Å². The van der Waals surface area contributed by atoms with Crippen molar-refractivity contribution >= 4 is 18.0 Å². The summed E-state index contributed by atoms with van der Waals surface area (Å²) in [5.74, 6) is -1.05. The average molecular weight is 323 g/mol. The Morgan fingerprint density at radius 2 is 2.00 bits per heavy atom. The highest BCUT2D eigenvalue weighted by Gasteiger charge is 2.60. The first kappa shape index (κ1) is 15.8. The van der Waals surface area contributed by atoms with E-state index in [1.54, 1.807) is 12.3 Å². The van der Waals surface area contributed by atoms with Crippen LogP contribution in [-0.4, -0.2) is 42.4 Å². The summed E-state index contributed by atoms with van der Waals surface area (Å²) in [6, 6.07) is 0. The molecule has 7 heteroatoms. The molecule has 0 aromatic carbocycles. The summed E-state index contributed by atoms with van der Waals surface area (Å²) in [6.45, 7) is 1.31. The van der Waals surface area contributed by atoms with Crippen LogP contribution >= 0.6 is 0 Å². The third-order valence-corrected chi connectivity index (χ3v) is 5.07. The molecule has 0 N–H and O–H groups in total. The van der Waals surface area contributed by atoms with Gasteiger partial charge in [0.15, 0.2) is 6.10 Å². The minimum absolute atomic E-state index is 0.279. The molecule has 0 aromatic rings. The molecule has 126 valence electrons. The van der Waals surface area contributed by atoms with Gasteiger partial charge in [0.05, 0.1) is 12.5 Å². The van der Waals surface area contributed by atoms with Crippen molar-refractivity contribution in [3.8, 4) is 0 Å². The Bertz CT molecular complexity index is 551. The van der Waals surface area contributed by atoms with Gasteiger partial charge in [-0.2, -0.15) is 0 Å². The lowest BCUT2D eigenvalue weighted by molar-refractivity contribution is -0.223. The maximum atomic E-state index is 12.7. The van der Waals surface area contributed by atoms with Crippen molar-refractivity contribution in [2.45, 2.75) is 51.4 Å². The first-order chi connectivity index (χ1) is 11.0. The molecule has 2 bridgehead atoms. The van der Waals surface area contributed by atoms with Crippen LogP contribution in [0.4, 0.5) is 4.79 Å². The fraction of sp³-hybridized carbons (Fsp3) is 0.688. The summed E-state index contributed by atoms with van der Waals surface area (Å²) < 4.78 is 15.7. The third kappa shape index (κ3) is 2.48. The molecular formula is C16H21NO6. The van der Waals surface area contributed by atoms with E-state index in [1.807, 2.05) is 0 Å². The highest BCUT2D eigenvalue weighted by Crippen LogP contribution is 2.51. The van der Waals surface area contributed by atoms with Crippen LogP contribution < -0.4 is 0 Å². The number of carbonyl (C=O) groups excluding carboxylic acids is 3. The lowest BCUT2D eigenvalue weighted by Gasteiger charge is -2.52. The molecule has 7 nitrogen and oxygen atoms in total. The average Bonchev–Trinajstić information content (AvgIpc) is 2.54. The summed E-state index contributed by atoms with van der Waals surface area (Å²) >= 11 is 0. The Kier molecular flexibility index (Phi) is 4.04. The van der Waals surface area contributed by atoms with E-state index in [4.69, 9.17) is 14.2 Å². The van der Waals surface area contributed by atoms with Gasteiger partial charge in [-0.25, -0.2) is 9.69 Å². The molecule has 1 spiro atoms. The number of ether oxygens (including phenoxy) is 3. The molecule has 0 radical (unpaired) electrons. The second-order valence-corrected chi connectivity index (χ2v) is 6.33. The normalized spacial score (nSPS) is 31.5. The first-order valence-corrected chi connectivity index (χ1v) is 7.92. The number of hydrogen-bond donors (Lipinski definition) is 0. The summed E-state index contributed by atoms with van der Waals surface area (Å²) in [7, 11) is 1.25. The molecule has 1 saturated heterocycles. The number of nitrogens with zero attached hydrogens (tertiary/aromatic N) is 1. The van der Waals surface area contributed by atoms with Gasteiger partial charge in [0.2, 0.25) is 6.23 Å². The highest BCUT2D eigenvalue weighted by atomic mass is 16.6. The summed E-state index contributed by atoms with van der Waals surface area (Å²) in [4.78, 5) is 37.3. The van der Waals surface area contributed by atoms with Crippen LogP contribution in [0.5, 0.6) is 0 Å². The van der Waals surface area contributed by atoms with Gasteiger partial charge in [-0.15, -0.1) is 0 Å². The molecule has 0 aromatic heterocycles. The number of esters is 2. The predicted molar refractivity (Wildman–Crippen MR) is 77.8 cm³/mol. The van der Waals surface area contributed by atoms with E-state index in [9.17, 15) is 14.4 Å². The Hall–Kier alpha value is -2.05. The molecule has 1 amide bonds. The second kappa shape index (κ2) is 5.86. The molecule has 3 rings (SSSR count). The maximum absolute atomic E-state index is 12.7. The monoisotopic (exact) mass is 323 g/mol. The fourth-order valence-electron chi connectivity index (χ4n) is 4.01. The van der Waals surface area contributed by atoms with E-state index in [1.165, 1.54) is 14.0 Å². The number of fused-ring (bicyclic) bond motifs is 3. The number of methoxy groups -OCH3 is 1. The molecule has 1 aliphatic carbocycles. The van der Waals surface area contributed by atoms with Crippen molar-refractivity contribution < 1.29 is 28.6 Å². The number of carbonyl (C=O) groups is 3. The van der Waals surface area contributed by atoms with E-state index in [-0.39, 0.29) is 11.9 Å². The molecule has 1 unspecified atom stereocenters. The maximum Gasteiger partial charge on any atom is 0.416 e. The minimum atomic E-state index is -0.971. The van der Waals surface area contributed by atoms with Crippen LogP contribution in [-0.2, 0) is 23.8 Å². The lowest BCUT2D eigenvalue weighted by atomic mass is 9.62. The summed E-state index contributed by atoms with van der Waals surface area (Å²) in [5, 5.41) is 0. The van der Waals surface area contributed by atoms with Crippen molar-refractivity contribution in [2.75, 3.05) is 7.11 Å². The summed E-state index contributed by atoms with van der Waals surface area (Å²) in [5.41, 5.74) is -0.659. The SMILES string of the molecule is COC(=O)N1C=C[C@@H]2C(OC(C)=O)[C@H]1OC(=O)C21CCCCC1. The van der Waals surface area contributed by atoms with Crippen LogP contribution in [0, 0.1) is 11.3 Å². The molecule has 2 aliphatic heterocycles. The topological polar surface area (TPSA) is 82.1 Å². The van der Waals surface area contributed by atoms with E-state index < -0.39 is 29.8 Å². The standard InChI is InChI=1S/C16H21NO6/c1-10(18)22-12-11-6-9-17(15(20)21-2)13(12)23-14(19)16(11)7-4-3-5-8-16/h6,9,11-13H,3-5,7-8H2,1-2H3/t11-,12?,13-/m1/s1. The molecular weight excluding hydrogens is 302 g/mol. The Labute approximate surface area is 134 Å². The highest BCUT2D eigenvalue weighted by molar-refractivity contribution is 5.81. The van der Waals surface area contributed by atoms with Crippen LogP contribution in [0.15, 0.2) is 12.3 Å².